The van der Waals surface area contributed by atoms with E-state index in [0.717, 1.165) is 31.4 Å². The molecule has 4 rings (SSSR count). The van der Waals surface area contributed by atoms with Crippen LogP contribution in [0.1, 0.15) is 36.9 Å². The number of hydrogen-bond donors (Lipinski definition) is 2. The Morgan fingerprint density at radius 1 is 1.16 bits per heavy atom. The Morgan fingerprint density at radius 2 is 2.06 bits per heavy atom. The van der Waals surface area contributed by atoms with Gasteiger partial charge in [0.25, 0.3) is 5.89 Å². The largest absolute Gasteiger partial charge is 0.468 e. The summed E-state index contributed by atoms with van der Waals surface area (Å²) in [5.74, 6) is 2.78. The number of nitrogens with one attached hydrogen (secondary N) is 2. The summed E-state index contributed by atoms with van der Waals surface area (Å²) in [6.07, 6.45) is 7.82. The van der Waals surface area contributed by atoms with Gasteiger partial charge in [-0.2, -0.15) is 4.98 Å². The molecule has 3 aromatic rings. The first-order chi connectivity index (χ1) is 15.3. The number of likely N-dealkylation sites (tertiary alicyclic amines) is 1. The molecule has 2 N–H and O–H groups in total. The van der Waals surface area contributed by atoms with E-state index in [1.165, 1.54) is 19.3 Å². The highest BCUT2D eigenvalue weighted by Crippen LogP contribution is 2.24. The summed E-state index contributed by atoms with van der Waals surface area (Å²) < 4.78 is 11.0. The Labute approximate surface area is 182 Å². The smallest absolute Gasteiger partial charge is 0.276 e. The minimum atomic E-state index is 0.187. The van der Waals surface area contributed by atoms with E-state index in [1.54, 1.807) is 19.5 Å². The van der Waals surface area contributed by atoms with Crippen molar-refractivity contribution in [3.8, 4) is 11.6 Å². The van der Waals surface area contributed by atoms with Crippen LogP contribution in [0.15, 0.2) is 56.7 Å². The Bertz CT molecular complexity index is 934. The molecule has 1 unspecified atom stereocenters. The van der Waals surface area contributed by atoms with Crippen molar-refractivity contribution in [2.75, 3.05) is 33.2 Å². The molecular weight excluding hydrogens is 394 g/mol. The van der Waals surface area contributed by atoms with Gasteiger partial charge in [-0.3, -0.25) is 14.9 Å². The number of aliphatic imine (C=N–C) groups is 1. The molecule has 9 heteroatoms. The van der Waals surface area contributed by atoms with Crippen molar-refractivity contribution in [2.45, 2.75) is 31.7 Å². The fourth-order valence-electron chi connectivity index (χ4n) is 3.78. The molecule has 0 spiro atoms. The van der Waals surface area contributed by atoms with Crippen LogP contribution in [0, 0.1) is 0 Å². The van der Waals surface area contributed by atoms with Crippen LogP contribution in [0.2, 0.25) is 0 Å². The molecule has 1 saturated heterocycles. The minimum absolute atomic E-state index is 0.187. The van der Waals surface area contributed by atoms with Crippen LogP contribution in [0.5, 0.6) is 0 Å². The average Bonchev–Trinajstić information content (AvgIpc) is 3.52. The van der Waals surface area contributed by atoms with Gasteiger partial charge < -0.3 is 19.6 Å². The SMILES string of the molecule is CN=C(NCCc1noc(-c2ccccn2)n1)NCC(c1ccco1)N1CCCCC1. The molecule has 31 heavy (non-hydrogen) atoms. The summed E-state index contributed by atoms with van der Waals surface area (Å²) in [6, 6.07) is 9.77. The first-order valence-corrected chi connectivity index (χ1v) is 10.8. The molecule has 1 atom stereocenters. The minimum Gasteiger partial charge on any atom is -0.468 e. The molecule has 164 valence electrons. The van der Waals surface area contributed by atoms with Crippen LogP contribution in [0.25, 0.3) is 11.6 Å². The van der Waals surface area contributed by atoms with Crippen LogP contribution >= 0.6 is 0 Å². The lowest BCUT2D eigenvalue weighted by atomic mass is 10.1. The molecule has 0 amide bonds. The normalized spacial score (nSPS) is 16.2. The van der Waals surface area contributed by atoms with Crippen molar-refractivity contribution in [1.29, 1.82) is 0 Å². The van der Waals surface area contributed by atoms with Gasteiger partial charge in [0.1, 0.15) is 11.5 Å². The number of guanidine groups is 1. The van der Waals surface area contributed by atoms with Crippen molar-refractivity contribution >= 4 is 5.96 Å². The summed E-state index contributed by atoms with van der Waals surface area (Å²) in [7, 11) is 1.77. The number of furan rings is 1. The Morgan fingerprint density at radius 3 is 2.81 bits per heavy atom. The molecule has 0 radical (unpaired) electrons. The summed E-state index contributed by atoms with van der Waals surface area (Å²) in [5, 5.41) is 10.8. The first kappa shape index (κ1) is 21.0. The van der Waals surface area contributed by atoms with Gasteiger partial charge in [0.05, 0.1) is 12.3 Å². The van der Waals surface area contributed by atoms with Gasteiger partial charge in [-0.1, -0.05) is 17.6 Å². The summed E-state index contributed by atoms with van der Waals surface area (Å²) in [6.45, 7) is 3.54. The number of hydrogen-bond acceptors (Lipinski definition) is 7. The van der Waals surface area contributed by atoms with Gasteiger partial charge in [0.15, 0.2) is 11.8 Å². The van der Waals surface area contributed by atoms with Crippen molar-refractivity contribution in [3.05, 3.63) is 54.4 Å². The highest BCUT2D eigenvalue weighted by Gasteiger charge is 2.24. The predicted octanol–water partition coefficient (Wildman–Crippen LogP) is 2.66. The number of aromatic nitrogens is 3. The zero-order valence-corrected chi connectivity index (χ0v) is 17.8. The van der Waals surface area contributed by atoms with Gasteiger partial charge in [-0.25, -0.2) is 0 Å². The number of nitrogens with zero attached hydrogens (tertiary/aromatic N) is 5. The summed E-state index contributed by atoms with van der Waals surface area (Å²) in [4.78, 5) is 15.5. The van der Waals surface area contributed by atoms with E-state index in [1.807, 2.05) is 30.3 Å². The second-order valence-corrected chi connectivity index (χ2v) is 7.49. The van der Waals surface area contributed by atoms with Crippen molar-refractivity contribution in [1.82, 2.24) is 30.7 Å². The maximum absolute atomic E-state index is 5.72. The van der Waals surface area contributed by atoms with Gasteiger partial charge in [0, 0.05) is 32.8 Å². The van der Waals surface area contributed by atoms with E-state index in [9.17, 15) is 0 Å². The Kier molecular flexibility index (Phi) is 7.28. The molecule has 1 aliphatic rings. The van der Waals surface area contributed by atoms with Crippen LogP contribution < -0.4 is 10.6 Å². The average molecular weight is 424 g/mol. The van der Waals surface area contributed by atoms with E-state index >= 15 is 0 Å². The molecule has 0 aromatic carbocycles. The molecule has 0 saturated carbocycles. The van der Waals surface area contributed by atoms with Gasteiger partial charge in [-0.05, 0) is 50.2 Å². The zero-order chi connectivity index (χ0) is 21.3. The van der Waals surface area contributed by atoms with Gasteiger partial charge in [-0.15, -0.1) is 0 Å². The number of pyridine rings is 1. The van der Waals surface area contributed by atoms with Crippen LogP contribution in [-0.2, 0) is 6.42 Å². The molecule has 4 heterocycles. The molecule has 1 fully saturated rings. The molecule has 0 bridgehead atoms. The predicted molar refractivity (Wildman–Crippen MR) is 117 cm³/mol. The quantitative estimate of drug-likeness (QED) is 0.421. The highest BCUT2D eigenvalue weighted by molar-refractivity contribution is 5.79. The van der Waals surface area contributed by atoms with Gasteiger partial charge in [0.2, 0.25) is 0 Å². The van der Waals surface area contributed by atoms with Crippen LogP contribution in [0.3, 0.4) is 0 Å². The van der Waals surface area contributed by atoms with Crippen molar-refractivity contribution < 1.29 is 8.94 Å². The maximum atomic E-state index is 5.72. The molecular formula is C22H29N7O2. The lowest BCUT2D eigenvalue weighted by Crippen LogP contribution is -2.44. The lowest BCUT2D eigenvalue weighted by Gasteiger charge is -2.33. The fourth-order valence-corrected chi connectivity index (χ4v) is 3.78. The van der Waals surface area contributed by atoms with Crippen LogP contribution in [-0.4, -0.2) is 59.2 Å². The van der Waals surface area contributed by atoms with Crippen molar-refractivity contribution in [2.24, 2.45) is 4.99 Å². The van der Waals surface area contributed by atoms with Gasteiger partial charge >= 0.3 is 0 Å². The molecule has 0 aliphatic carbocycles. The molecule has 3 aromatic heterocycles. The highest BCUT2D eigenvalue weighted by atomic mass is 16.5. The third kappa shape index (κ3) is 5.69. The monoisotopic (exact) mass is 423 g/mol. The van der Waals surface area contributed by atoms with E-state index < -0.39 is 0 Å². The molecule has 1 aliphatic heterocycles. The fraction of sp³-hybridized carbons (Fsp3) is 0.455. The molecule has 9 nitrogen and oxygen atoms in total. The Balaban J connectivity index is 1.28. The summed E-state index contributed by atoms with van der Waals surface area (Å²) in [5.41, 5.74) is 0.674. The second-order valence-electron chi connectivity index (χ2n) is 7.49. The van der Waals surface area contributed by atoms with E-state index in [2.05, 4.69) is 35.7 Å². The third-order valence-electron chi connectivity index (χ3n) is 5.38. The second kappa shape index (κ2) is 10.7. The number of rotatable bonds is 8. The third-order valence-corrected chi connectivity index (χ3v) is 5.38. The number of piperidine rings is 1. The topological polar surface area (TPSA) is 105 Å². The maximum Gasteiger partial charge on any atom is 0.276 e. The summed E-state index contributed by atoms with van der Waals surface area (Å²) >= 11 is 0. The van der Waals surface area contributed by atoms with Crippen LogP contribution in [0.4, 0.5) is 0 Å². The van der Waals surface area contributed by atoms with E-state index in [4.69, 9.17) is 8.94 Å². The Hall–Kier alpha value is -3.20. The lowest BCUT2D eigenvalue weighted by molar-refractivity contribution is 0.146. The first-order valence-electron chi connectivity index (χ1n) is 10.8. The standard InChI is InChI=1S/C22H29N7O2/c1-23-22(25-12-10-20-27-21(31-28-20)17-8-3-4-11-24-17)26-16-18(19-9-7-15-30-19)29-13-5-2-6-14-29/h3-4,7-9,11,15,18H,2,5-6,10,12-14,16H2,1H3,(H2,23,25,26). The van der Waals surface area contributed by atoms with E-state index in [0.29, 0.717) is 30.4 Å². The van der Waals surface area contributed by atoms with E-state index in [-0.39, 0.29) is 6.04 Å². The van der Waals surface area contributed by atoms with Crippen molar-refractivity contribution in [3.63, 3.8) is 0 Å². The zero-order valence-electron chi connectivity index (χ0n) is 17.8.